The van der Waals surface area contributed by atoms with Crippen molar-refractivity contribution >= 4 is 35.4 Å². The molecular formula is C21H16N2O3S. The Labute approximate surface area is 160 Å². The smallest absolute Gasteiger partial charge is 0.283 e. The van der Waals surface area contributed by atoms with Crippen molar-refractivity contribution in [3.05, 3.63) is 88.8 Å². The van der Waals surface area contributed by atoms with Gasteiger partial charge in [0.15, 0.2) is 0 Å². The van der Waals surface area contributed by atoms with E-state index in [1.807, 2.05) is 42.5 Å². The van der Waals surface area contributed by atoms with Crippen LogP contribution in [0.5, 0.6) is 0 Å². The summed E-state index contributed by atoms with van der Waals surface area (Å²) >= 11 is 1.49. The molecule has 1 aliphatic carbocycles. The monoisotopic (exact) mass is 376 g/mol. The van der Waals surface area contributed by atoms with E-state index in [9.17, 15) is 9.59 Å². The molecule has 0 spiro atoms. The largest absolute Gasteiger partial charge is 0.467 e. The van der Waals surface area contributed by atoms with Crippen molar-refractivity contribution < 1.29 is 14.0 Å². The molecule has 4 rings (SSSR count). The first-order chi connectivity index (χ1) is 13.2. The number of furan rings is 1. The Bertz CT molecular complexity index is 983. The molecule has 1 aromatic heterocycles. The lowest BCUT2D eigenvalue weighted by molar-refractivity contribution is -0.113. The third-order valence-electron chi connectivity index (χ3n) is 4.12. The molecule has 1 N–H and O–H groups in total. The Morgan fingerprint density at radius 1 is 1.22 bits per heavy atom. The quantitative estimate of drug-likeness (QED) is 0.825. The maximum absolute atomic E-state index is 12.2. The molecule has 134 valence electrons. The number of aliphatic imine (C=N–C) groups is 1. The Morgan fingerprint density at radius 2 is 2.07 bits per heavy atom. The van der Waals surface area contributed by atoms with Gasteiger partial charge in [-0.2, -0.15) is 0 Å². The van der Waals surface area contributed by atoms with Crippen molar-refractivity contribution in [3.63, 3.8) is 0 Å². The number of hydrogen-bond donors (Lipinski definition) is 1. The highest BCUT2D eigenvalue weighted by molar-refractivity contribution is 8.05. The molecule has 0 saturated heterocycles. The molecular weight excluding hydrogens is 360 g/mol. The highest BCUT2D eigenvalue weighted by atomic mass is 32.2. The van der Waals surface area contributed by atoms with E-state index in [4.69, 9.17) is 4.42 Å². The van der Waals surface area contributed by atoms with Crippen molar-refractivity contribution in [2.24, 2.45) is 4.99 Å². The summed E-state index contributed by atoms with van der Waals surface area (Å²) in [5.41, 5.74) is 2.18. The lowest BCUT2D eigenvalue weighted by Crippen LogP contribution is -2.22. The number of hydrogen-bond acceptors (Lipinski definition) is 4. The number of allylic oxidation sites excluding steroid dienone is 3. The van der Waals surface area contributed by atoms with Gasteiger partial charge in [-0.3, -0.25) is 9.59 Å². The fourth-order valence-electron chi connectivity index (χ4n) is 2.73. The van der Waals surface area contributed by atoms with Crippen LogP contribution in [0.2, 0.25) is 0 Å². The van der Waals surface area contributed by atoms with Gasteiger partial charge in [0.05, 0.1) is 28.7 Å². The highest BCUT2D eigenvalue weighted by Crippen LogP contribution is 2.32. The summed E-state index contributed by atoms with van der Waals surface area (Å²) in [6.07, 6.45) is 11.1. The first-order valence-electron chi connectivity index (χ1n) is 8.46. The van der Waals surface area contributed by atoms with E-state index in [-0.39, 0.29) is 17.1 Å². The molecule has 1 unspecified atom stereocenters. The highest BCUT2D eigenvalue weighted by Gasteiger charge is 2.25. The summed E-state index contributed by atoms with van der Waals surface area (Å²) in [6, 6.07) is 10.7. The van der Waals surface area contributed by atoms with Gasteiger partial charge in [0.2, 0.25) is 0 Å². The van der Waals surface area contributed by atoms with Crippen molar-refractivity contribution in [2.45, 2.75) is 11.8 Å². The molecule has 0 fully saturated rings. The zero-order valence-electron chi connectivity index (χ0n) is 14.3. The molecule has 27 heavy (non-hydrogen) atoms. The minimum absolute atomic E-state index is 0.0746. The van der Waals surface area contributed by atoms with Gasteiger partial charge in [-0.1, -0.05) is 30.4 Å². The van der Waals surface area contributed by atoms with E-state index in [0.29, 0.717) is 22.8 Å². The molecule has 0 bridgehead atoms. The van der Waals surface area contributed by atoms with E-state index in [1.165, 1.54) is 11.8 Å². The molecule has 1 aliphatic heterocycles. The third kappa shape index (κ3) is 4.01. The first-order valence-corrected chi connectivity index (χ1v) is 9.34. The molecule has 6 heteroatoms. The molecule has 2 heterocycles. The first kappa shape index (κ1) is 17.3. The van der Waals surface area contributed by atoms with Gasteiger partial charge < -0.3 is 9.73 Å². The number of carbonyl (C=O) groups is 2. The van der Waals surface area contributed by atoms with E-state index in [2.05, 4.69) is 10.3 Å². The van der Waals surface area contributed by atoms with Crippen molar-refractivity contribution in [1.29, 1.82) is 0 Å². The van der Waals surface area contributed by atoms with Gasteiger partial charge in [0, 0.05) is 5.56 Å². The summed E-state index contributed by atoms with van der Waals surface area (Å²) in [7, 11) is 0. The summed E-state index contributed by atoms with van der Waals surface area (Å²) in [4.78, 5) is 29.2. The SMILES string of the molecule is O=C1N=C2C=CC=CC2S/C1=C/c1ccc(C(=O)NCc2ccco2)cc1. The lowest BCUT2D eigenvalue weighted by Gasteiger charge is -2.20. The van der Waals surface area contributed by atoms with Gasteiger partial charge in [-0.25, -0.2) is 4.99 Å². The lowest BCUT2D eigenvalue weighted by atomic mass is 10.1. The van der Waals surface area contributed by atoms with E-state index >= 15 is 0 Å². The summed E-state index contributed by atoms with van der Waals surface area (Å²) in [5.74, 6) is 0.289. The number of thioether (sulfide) groups is 1. The molecule has 0 radical (unpaired) electrons. The van der Waals surface area contributed by atoms with Gasteiger partial charge in [-0.05, 0) is 42.0 Å². The Hall–Kier alpha value is -3.12. The second-order valence-electron chi connectivity index (χ2n) is 6.02. The van der Waals surface area contributed by atoms with Crippen LogP contribution in [0.25, 0.3) is 6.08 Å². The predicted octanol–water partition coefficient (Wildman–Crippen LogP) is 3.76. The average Bonchev–Trinajstić information content (AvgIpc) is 3.21. The minimum atomic E-state index is -0.230. The molecule has 1 aromatic carbocycles. The Morgan fingerprint density at radius 3 is 2.85 bits per heavy atom. The predicted molar refractivity (Wildman–Crippen MR) is 106 cm³/mol. The van der Waals surface area contributed by atoms with Crippen LogP contribution < -0.4 is 5.32 Å². The third-order valence-corrected chi connectivity index (χ3v) is 5.32. The minimum Gasteiger partial charge on any atom is -0.467 e. The normalized spacial score (nSPS) is 19.7. The Balaban J connectivity index is 1.44. The Kier molecular flexibility index (Phi) is 4.89. The summed E-state index contributed by atoms with van der Waals surface area (Å²) in [6.45, 7) is 0.340. The van der Waals surface area contributed by atoms with Crippen molar-refractivity contribution in [2.75, 3.05) is 0 Å². The number of fused-ring (bicyclic) bond motifs is 1. The fraction of sp³-hybridized carbons (Fsp3) is 0.0952. The fourth-order valence-corrected chi connectivity index (χ4v) is 3.78. The zero-order valence-corrected chi connectivity index (χ0v) is 15.1. The number of amides is 2. The van der Waals surface area contributed by atoms with E-state index in [0.717, 1.165) is 11.3 Å². The van der Waals surface area contributed by atoms with E-state index < -0.39 is 0 Å². The van der Waals surface area contributed by atoms with Gasteiger partial charge in [0.25, 0.3) is 11.8 Å². The number of benzene rings is 1. The van der Waals surface area contributed by atoms with Gasteiger partial charge in [0.1, 0.15) is 5.76 Å². The molecule has 0 saturated carbocycles. The van der Waals surface area contributed by atoms with Crippen LogP contribution >= 0.6 is 11.8 Å². The van der Waals surface area contributed by atoms with Crippen LogP contribution in [0.3, 0.4) is 0 Å². The van der Waals surface area contributed by atoms with Crippen molar-refractivity contribution in [1.82, 2.24) is 5.32 Å². The van der Waals surface area contributed by atoms with Crippen LogP contribution in [0.15, 0.2) is 81.3 Å². The number of nitrogens with one attached hydrogen (secondary N) is 1. The van der Waals surface area contributed by atoms with E-state index in [1.54, 1.807) is 30.5 Å². The summed E-state index contributed by atoms with van der Waals surface area (Å²) in [5, 5.41) is 2.88. The van der Waals surface area contributed by atoms with Crippen LogP contribution in [0.1, 0.15) is 21.7 Å². The van der Waals surface area contributed by atoms with Crippen molar-refractivity contribution in [3.8, 4) is 0 Å². The molecule has 2 amide bonds. The van der Waals surface area contributed by atoms with Crippen LogP contribution in [0.4, 0.5) is 0 Å². The van der Waals surface area contributed by atoms with Gasteiger partial charge in [-0.15, -0.1) is 11.8 Å². The van der Waals surface area contributed by atoms with Gasteiger partial charge >= 0.3 is 0 Å². The number of nitrogens with zero attached hydrogens (tertiary/aromatic N) is 1. The summed E-state index contributed by atoms with van der Waals surface area (Å²) < 4.78 is 5.19. The second kappa shape index (κ2) is 7.63. The maximum Gasteiger partial charge on any atom is 0.283 e. The molecule has 2 aromatic rings. The topological polar surface area (TPSA) is 71.7 Å². The maximum atomic E-state index is 12.2. The zero-order chi connectivity index (χ0) is 18.6. The number of rotatable bonds is 4. The molecule has 5 nitrogen and oxygen atoms in total. The van der Waals surface area contributed by atoms with Crippen LogP contribution in [-0.2, 0) is 11.3 Å². The second-order valence-corrected chi connectivity index (χ2v) is 7.20. The van der Waals surface area contributed by atoms with Crippen LogP contribution in [0, 0.1) is 0 Å². The standard InChI is InChI=1S/C21H16N2O3S/c24-20(22-13-16-4-3-11-26-16)15-9-7-14(8-10-15)12-19-21(25)23-17-5-1-2-6-18(17)27-19/h1-12,18H,13H2,(H,22,24)/b19-12+. The van der Waals surface area contributed by atoms with Crippen LogP contribution in [-0.4, -0.2) is 22.8 Å². The number of carbonyl (C=O) groups excluding carboxylic acids is 2. The molecule has 1 atom stereocenters. The average molecular weight is 376 g/mol. The molecule has 2 aliphatic rings.